The van der Waals surface area contributed by atoms with Crippen molar-refractivity contribution < 1.29 is 4.74 Å². The summed E-state index contributed by atoms with van der Waals surface area (Å²) >= 11 is 0. The van der Waals surface area contributed by atoms with Gasteiger partial charge >= 0.3 is 0 Å². The van der Waals surface area contributed by atoms with Crippen LogP contribution in [0.5, 0.6) is 0 Å². The fourth-order valence-corrected chi connectivity index (χ4v) is 2.45. The van der Waals surface area contributed by atoms with Gasteiger partial charge in [0, 0.05) is 32.3 Å². The van der Waals surface area contributed by atoms with Gasteiger partial charge in [-0.25, -0.2) is 0 Å². The third kappa shape index (κ3) is 4.96. The van der Waals surface area contributed by atoms with Crippen LogP contribution in [0.2, 0.25) is 0 Å². The van der Waals surface area contributed by atoms with Gasteiger partial charge in [0.25, 0.3) is 0 Å². The molecule has 0 aliphatic heterocycles. The smallest absolute Gasteiger partial charge is 0.0462 e. The second-order valence-electron chi connectivity index (χ2n) is 4.77. The molecule has 15 heavy (non-hydrogen) atoms. The largest absolute Gasteiger partial charge is 0.385 e. The molecule has 3 heteroatoms. The van der Waals surface area contributed by atoms with Crippen LogP contribution in [0, 0.1) is 0 Å². The van der Waals surface area contributed by atoms with Gasteiger partial charge in [0.1, 0.15) is 0 Å². The molecule has 0 bridgehead atoms. The Labute approximate surface area is 94.0 Å². The highest BCUT2D eigenvalue weighted by molar-refractivity contribution is 4.77. The quantitative estimate of drug-likeness (QED) is 0.654. The van der Waals surface area contributed by atoms with Gasteiger partial charge in [-0.2, -0.15) is 0 Å². The minimum atomic E-state index is 0.311. The second-order valence-corrected chi connectivity index (χ2v) is 4.77. The lowest BCUT2D eigenvalue weighted by atomic mass is 10.1. The van der Waals surface area contributed by atoms with Crippen LogP contribution in [-0.4, -0.2) is 44.3 Å². The summed E-state index contributed by atoms with van der Waals surface area (Å²) in [6.45, 7) is 1.87. The minimum Gasteiger partial charge on any atom is -0.385 e. The Morgan fingerprint density at radius 2 is 2.07 bits per heavy atom. The van der Waals surface area contributed by atoms with Crippen LogP contribution in [0.4, 0.5) is 0 Å². The van der Waals surface area contributed by atoms with Crippen molar-refractivity contribution in [3.63, 3.8) is 0 Å². The van der Waals surface area contributed by atoms with Crippen molar-refractivity contribution in [1.82, 2.24) is 4.90 Å². The van der Waals surface area contributed by atoms with Crippen LogP contribution in [0.25, 0.3) is 0 Å². The average Bonchev–Trinajstić information content (AvgIpc) is 2.70. The van der Waals surface area contributed by atoms with Crippen molar-refractivity contribution in [3.05, 3.63) is 0 Å². The van der Waals surface area contributed by atoms with Gasteiger partial charge in [-0.3, -0.25) is 0 Å². The Morgan fingerprint density at radius 3 is 2.67 bits per heavy atom. The van der Waals surface area contributed by atoms with Crippen LogP contribution in [0.15, 0.2) is 0 Å². The number of hydrogen-bond acceptors (Lipinski definition) is 3. The van der Waals surface area contributed by atoms with Crippen molar-refractivity contribution in [2.24, 2.45) is 5.73 Å². The number of rotatable bonds is 7. The number of nitrogens with zero attached hydrogens (tertiary/aromatic N) is 1. The van der Waals surface area contributed by atoms with E-state index in [0.29, 0.717) is 6.04 Å². The summed E-state index contributed by atoms with van der Waals surface area (Å²) in [6.07, 6.45) is 7.67. The molecule has 0 saturated heterocycles. The predicted octanol–water partition coefficient (Wildman–Crippen LogP) is 1.61. The van der Waals surface area contributed by atoms with E-state index in [4.69, 9.17) is 10.5 Å². The Hall–Kier alpha value is -0.120. The lowest BCUT2D eigenvalue weighted by Crippen LogP contribution is -2.40. The molecule has 0 aromatic carbocycles. The average molecular weight is 214 g/mol. The first kappa shape index (κ1) is 12.9. The fraction of sp³-hybridized carbons (Fsp3) is 1.00. The van der Waals surface area contributed by atoms with E-state index >= 15 is 0 Å². The molecular weight excluding hydrogens is 188 g/mol. The van der Waals surface area contributed by atoms with Crippen LogP contribution >= 0.6 is 0 Å². The van der Waals surface area contributed by atoms with Crippen molar-refractivity contribution in [2.45, 2.75) is 50.6 Å². The van der Waals surface area contributed by atoms with Crippen LogP contribution < -0.4 is 5.73 Å². The highest BCUT2D eigenvalue weighted by Crippen LogP contribution is 2.22. The lowest BCUT2D eigenvalue weighted by molar-refractivity contribution is 0.182. The van der Waals surface area contributed by atoms with E-state index in [1.807, 2.05) is 0 Å². The molecule has 1 aliphatic carbocycles. The summed E-state index contributed by atoms with van der Waals surface area (Å²) in [6, 6.07) is 1.10. The highest BCUT2D eigenvalue weighted by atomic mass is 16.5. The highest BCUT2D eigenvalue weighted by Gasteiger charge is 2.20. The minimum absolute atomic E-state index is 0.311. The number of nitrogens with two attached hydrogens (primary N) is 1. The first-order chi connectivity index (χ1) is 7.24. The number of hydrogen-bond donors (Lipinski definition) is 1. The maximum Gasteiger partial charge on any atom is 0.0462 e. The topological polar surface area (TPSA) is 38.5 Å². The van der Waals surface area contributed by atoms with Gasteiger partial charge in [-0.15, -0.1) is 0 Å². The SMILES string of the molecule is COCCCC(N)CN(C)C1CCCC1. The van der Waals surface area contributed by atoms with E-state index in [1.54, 1.807) is 7.11 Å². The maximum absolute atomic E-state index is 6.09. The molecule has 1 rings (SSSR count). The third-order valence-electron chi connectivity index (χ3n) is 3.39. The number of likely N-dealkylation sites (N-methyl/N-ethyl adjacent to an activating group) is 1. The van der Waals surface area contributed by atoms with Crippen molar-refractivity contribution >= 4 is 0 Å². The van der Waals surface area contributed by atoms with Crippen molar-refractivity contribution in [2.75, 3.05) is 27.3 Å². The molecular formula is C12H26N2O. The number of ether oxygens (including phenoxy) is 1. The van der Waals surface area contributed by atoms with E-state index in [2.05, 4.69) is 11.9 Å². The van der Waals surface area contributed by atoms with Crippen LogP contribution in [0.1, 0.15) is 38.5 Å². The van der Waals surface area contributed by atoms with Crippen LogP contribution in [0.3, 0.4) is 0 Å². The molecule has 90 valence electrons. The van der Waals surface area contributed by atoms with Gasteiger partial charge in [0.05, 0.1) is 0 Å². The monoisotopic (exact) mass is 214 g/mol. The van der Waals surface area contributed by atoms with E-state index in [1.165, 1.54) is 25.7 Å². The standard InChI is InChI=1S/C12H26N2O/c1-14(12-7-3-4-8-12)10-11(13)6-5-9-15-2/h11-12H,3-10,13H2,1-2H3. The summed E-state index contributed by atoms with van der Waals surface area (Å²) < 4.78 is 5.03. The normalized spacial score (nSPS) is 20.0. The summed E-state index contributed by atoms with van der Waals surface area (Å²) in [4.78, 5) is 2.45. The molecule has 0 radical (unpaired) electrons. The lowest BCUT2D eigenvalue weighted by Gasteiger charge is -2.27. The first-order valence-corrected chi connectivity index (χ1v) is 6.18. The van der Waals surface area contributed by atoms with E-state index in [0.717, 1.165) is 32.0 Å². The summed E-state index contributed by atoms with van der Waals surface area (Å²) in [7, 11) is 3.96. The third-order valence-corrected chi connectivity index (χ3v) is 3.39. The Kier molecular flexibility index (Phi) is 6.22. The van der Waals surface area contributed by atoms with Crippen LogP contribution in [-0.2, 0) is 4.74 Å². The van der Waals surface area contributed by atoms with Gasteiger partial charge < -0.3 is 15.4 Å². The first-order valence-electron chi connectivity index (χ1n) is 6.18. The second kappa shape index (κ2) is 7.20. The van der Waals surface area contributed by atoms with Crippen molar-refractivity contribution in [3.8, 4) is 0 Å². The Bertz CT molecular complexity index is 158. The molecule has 0 aromatic heterocycles. The maximum atomic E-state index is 6.09. The molecule has 1 saturated carbocycles. The van der Waals surface area contributed by atoms with Gasteiger partial charge in [-0.05, 0) is 32.7 Å². The Balaban J connectivity index is 2.10. The molecule has 1 atom stereocenters. The molecule has 0 heterocycles. The Morgan fingerprint density at radius 1 is 1.40 bits per heavy atom. The summed E-state index contributed by atoms with van der Waals surface area (Å²) in [5, 5.41) is 0. The molecule has 1 aliphatic rings. The van der Waals surface area contributed by atoms with Gasteiger partial charge in [0.15, 0.2) is 0 Å². The van der Waals surface area contributed by atoms with Crippen molar-refractivity contribution in [1.29, 1.82) is 0 Å². The molecule has 2 N–H and O–H groups in total. The zero-order valence-corrected chi connectivity index (χ0v) is 10.2. The van der Waals surface area contributed by atoms with Gasteiger partial charge in [-0.1, -0.05) is 12.8 Å². The molecule has 0 spiro atoms. The zero-order valence-electron chi connectivity index (χ0n) is 10.2. The molecule has 1 unspecified atom stereocenters. The zero-order chi connectivity index (χ0) is 11.1. The fourth-order valence-electron chi connectivity index (χ4n) is 2.45. The predicted molar refractivity (Wildman–Crippen MR) is 64.0 cm³/mol. The van der Waals surface area contributed by atoms with E-state index < -0.39 is 0 Å². The molecule has 1 fully saturated rings. The van der Waals surface area contributed by atoms with E-state index in [9.17, 15) is 0 Å². The van der Waals surface area contributed by atoms with E-state index in [-0.39, 0.29) is 0 Å². The van der Waals surface area contributed by atoms with Gasteiger partial charge in [0.2, 0.25) is 0 Å². The summed E-state index contributed by atoms with van der Waals surface area (Å²) in [5.74, 6) is 0. The number of methoxy groups -OCH3 is 1. The molecule has 3 nitrogen and oxygen atoms in total. The summed E-state index contributed by atoms with van der Waals surface area (Å²) in [5.41, 5.74) is 6.09. The molecule has 0 aromatic rings. The molecule has 0 amide bonds.